The SMILES string of the molecule is CN(Cc1ccccn1)c1ccc(C(=O)O)cc1F. The molecular weight excluding hydrogens is 247 g/mol. The van der Waals surface area contributed by atoms with E-state index in [1.165, 1.54) is 12.1 Å². The standard InChI is InChI=1S/C14H13FN2O2/c1-17(9-11-4-2-3-7-16-11)13-6-5-10(14(18)19)8-12(13)15/h2-8H,9H2,1H3,(H,18,19). The minimum atomic E-state index is -1.14. The first kappa shape index (κ1) is 13.0. The van der Waals surface area contributed by atoms with Gasteiger partial charge < -0.3 is 10.0 Å². The van der Waals surface area contributed by atoms with Gasteiger partial charge >= 0.3 is 5.97 Å². The highest BCUT2D eigenvalue weighted by Gasteiger charge is 2.12. The van der Waals surface area contributed by atoms with Crippen molar-refractivity contribution in [3.63, 3.8) is 0 Å². The molecule has 0 saturated carbocycles. The molecule has 0 bridgehead atoms. The Hall–Kier alpha value is -2.43. The first-order valence-electron chi connectivity index (χ1n) is 5.72. The van der Waals surface area contributed by atoms with E-state index in [0.29, 0.717) is 12.2 Å². The van der Waals surface area contributed by atoms with Crippen LogP contribution in [0.2, 0.25) is 0 Å². The van der Waals surface area contributed by atoms with Gasteiger partial charge in [0.2, 0.25) is 0 Å². The number of nitrogens with zero attached hydrogens (tertiary/aromatic N) is 2. The smallest absolute Gasteiger partial charge is 0.335 e. The summed E-state index contributed by atoms with van der Waals surface area (Å²) in [5, 5.41) is 8.78. The molecule has 0 unspecified atom stereocenters. The van der Waals surface area contributed by atoms with Crippen molar-refractivity contribution in [2.45, 2.75) is 6.54 Å². The van der Waals surface area contributed by atoms with Crippen molar-refractivity contribution in [1.29, 1.82) is 0 Å². The summed E-state index contributed by atoms with van der Waals surface area (Å²) < 4.78 is 13.8. The summed E-state index contributed by atoms with van der Waals surface area (Å²) in [7, 11) is 1.73. The molecule has 1 aromatic carbocycles. The molecule has 0 saturated heterocycles. The van der Waals surface area contributed by atoms with Crippen LogP contribution in [0.15, 0.2) is 42.6 Å². The zero-order chi connectivity index (χ0) is 13.8. The zero-order valence-corrected chi connectivity index (χ0v) is 10.4. The van der Waals surface area contributed by atoms with Gasteiger partial charge in [0.25, 0.3) is 0 Å². The lowest BCUT2D eigenvalue weighted by atomic mass is 10.2. The van der Waals surface area contributed by atoms with E-state index < -0.39 is 11.8 Å². The zero-order valence-electron chi connectivity index (χ0n) is 10.4. The average molecular weight is 260 g/mol. The lowest BCUT2D eigenvalue weighted by molar-refractivity contribution is 0.0696. The molecule has 2 aromatic rings. The molecule has 98 valence electrons. The number of carbonyl (C=O) groups is 1. The van der Waals surface area contributed by atoms with Crippen molar-refractivity contribution in [2.24, 2.45) is 0 Å². The predicted molar refractivity (Wildman–Crippen MR) is 69.7 cm³/mol. The summed E-state index contributed by atoms with van der Waals surface area (Å²) >= 11 is 0. The van der Waals surface area contributed by atoms with Gasteiger partial charge in [-0.15, -0.1) is 0 Å². The van der Waals surface area contributed by atoms with E-state index in [1.807, 2.05) is 18.2 Å². The van der Waals surface area contributed by atoms with Crippen LogP contribution in [0.3, 0.4) is 0 Å². The van der Waals surface area contributed by atoms with Crippen LogP contribution in [-0.4, -0.2) is 23.1 Å². The number of aromatic nitrogens is 1. The van der Waals surface area contributed by atoms with Crippen molar-refractivity contribution in [3.05, 3.63) is 59.7 Å². The number of pyridine rings is 1. The lowest BCUT2D eigenvalue weighted by Gasteiger charge is -2.19. The van der Waals surface area contributed by atoms with Crippen LogP contribution in [-0.2, 0) is 6.54 Å². The number of hydrogen-bond acceptors (Lipinski definition) is 3. The third-order valence-electron chi connectivity index (χ3n) is 2.73. The fourth-order valence-electron chi connectivity index (χ4n) is 1.77. The number of halogens is 1. The molecular formula is C14H13FN2O2. The van der Waals surface area contributed by atoms with Gasteiger partial charge in [0.1, 0.15) is 5.82 Å². The minimum absolute atomic E-state index is 0.0625. The molecule has 19 heavy (non-hydrogen) atoms. The van der Waals surface area contributed by atoms with Crippen LogP contribution < -0.4 is 4.90 Å². The predicted octanol–water partition coefficient (Wildman–Crippen LogP) is 2.56. The highest BCUT2D eigenvalue weighted by Crippen LogP contribution is 2.20. The van der Waals surface area contributed by atoms with Gasteiger partial charge in [-0.3, -0.25) is 4.98 Å². The molecule has 0 radical (unpaired) electrons. The van der Waals surface area contributed by atoms with Gasteiger partial charge in [-0.1, -0.05) is 6.07 Å². The summed E-state index contributed by atoms with van der Waals surface area (Å²) in [4.78, 5) is 16.6. The van der Waals surface area contributed by atoms with Crippen molar-refractivity contribution in [3.8, 4) is 0 Å². The first-order valence-corrected chi connectivity index (χ1v) is 5.72. The summed E-state index contributed by atoms with van der Waals surface area (Å²) in [5.41, 5.74) is 1.09. The molecule has 0 aliphatic heterocycles. The number of hydrogen-bond donors (Lipinski definition) is 1. The Kier molecular flexibility index (Phi) is 3.75. The molecule has 5 heteroatoms. The minimum Gasteiger partial charge on any atom is -0.478 e. The Balaban J connectivity index is 2.20. The number of aromatic carboxylic acids is 1. The molecule has 0 amide bonds. The molecule has 0 atom stereocenters. The second kappa shape index (κ2) is 5.48. The van der Waals surface area contributed by atoms with E-state index in [2.05, 4.69) is 4.98 Å². The van der Waals surface area contributed by atoms with E-state index in [9.17, 15) is 9.18 Å². The molecule has 0 fully saturated rings. The van der Waals surface area contributed by atoms with Gasteiger partial charge in [0.05, 0.1) is 23.5 Å². The third-order valence-corrected chi connectivity index (χ3v) is 2.73. The molecule has 4 nitrogen and oxygen atoms in total. The maximum Gasteiger partial charge on any atom is 0.335 e. The van der Waals surface area contributed by atoms with Gasteiger partial charge in [-0.25, -0.2) is 9.18 Å². The summed E-state index contributed by atoms with van der Waals surface area (Å²) in [6.45, 7) is 0.449. The topological polar surface area (TPSA) is 53.4 Å². The molecule has 1 aromatic heterocycles. The van der Waals surface area contributed by atoms with Crippen molar-refractivity contribution < 1.29 is 14.3 Å². The van der Waals surface area contributed by atoms with Crippen molar-refractivity contribution in [2.75, 3.05) is 11.9 Å². The number of rotatable bonds is 4. The van der Waals surface area contributed by atoms with Gasteiger partial charge in [-0.05, 0) is 30.3 Å². The van der Waals surface area contributed by atoms with Crippen LogP contribution in [0.4, 0.5) is 10.1 Å². The first-order chi connectivity index (χ1) is 9.08. The van der Waals surface area contributed by atoms with E-state index in [1.54, 1.807) is 18.1 Å². The second-order valence-electron chi connectivity index (χ2n) is 4.15. The number of carboxylic acids is 1. The maximum absolute atomic E-state index is 13.8. The Bertz CT molecular complexity index is 587. The maximum atomic E-state index is 13.8. The van der Waals surface area contributed by atoms with Gasteiger partial charge in [0.15, 0.2) is 0 Å². The molecule has 0 aliphatic rings. The summed E-state index contributed by atoms with van der Waals surface area (Å²) in [6, 6.07) is 9.38. The fourth-order valence-corrected chi connectivity index (χ4v) is 1.77. The van der Waals surface area contributed by atoms with Crippen LogP contribution in [0, 0.1) is 5.82 Å². The third kappa shape index (κ3) is 3.07. The van der Waals surface area contributed by atoms with Crippen LogP contribution in [0.1, 0.15) is 16.1 Å². The van der Waals surface area contributed by atoms with E-state index >= 15 is 0 Å². The highest BCUT2D eigenvalue weighted by molar-refractivity contribution is 5.88. The molecule has 1 N–H and O–H groups in total. The van der Waals surface area contributed by atoms with Crippen LogP contribution in [0.25, 0.3) is 0 Å². The number of carboxylic acid groups (broad SMARTS) is 1. The summed E-state index contributed by atoms with van der Waals surface area (Å²) in [6.07, 6.45) is 1.67. The van der Waals surface area contributed by atoms with Crippen LogP contribution >= 0.6 is 0 Å². The number of anilines is 1. The largest absolute Gasteiger partial charge is 0.478 e. The molecule has 1 heterocycles. The van der Waals surface area contributed by atoms with Crippen molar-refractivity contribution >= 4 is 11.7 Å². The molecule has 0 spiro atoms. The molecule has 0 aliphatic carbocycles. The van der Waals surface area contributed by atoms with Gasteiger partial charge in [-0.2, -0.15) is 0 Å². The Morgan fingerprint density at radius 1 is 1.37 bits per heavy atom. The van der Waals surface area contributed by atoms with Gasteiger partial charge in [0, 0.05) is 13.2 Å². The second-order valence-corrected chi connectivity index (χ2v) is 4.15. The highest BCUT2D eigenvalue weighted by atomic mass is 19.1. The van der Waals surface area contributed by atoms with Crippen molar-refractivity contribution in [1.82, 2.24) is 4.98 Å². The average Bonchev–Trinajstić information content (AvgIpc) is 2.39. The quantitative estimate of drug-likeness (QED) is 0.917. The Morgan fingerprint density at radius 2 is 2.16 bits per heavy atom. The summed E-state index contributed by atoms with van der Waals surface area (Å²) in [5.74, 6) is -1.70. The molecule has 2 rings (SSSR count). The normalized spacial score (nSPS) is 10.2. The Labute approximate surface area is 110 Å². The van der Waals surface area contributed by atoms with Crippen LogP contribution in [0.5, 0.6) is 0 Å². The lowest BCUT2D eigenvalue weighted by Crippen LogP contribution is -2.18. The number of benzene rings is 1. The van der Waals surface area contributed by atoms with E-state index in [4.69, 9.17) is 5.11 Å². The van der Waals surface area contributed by atoms with E-state index in [-0.39, 0.29) is 5.56 Å². The van der Waals surface area contributed by atoms with E-state index in [0.717, 1.165) is 11.8 Å². The Morgan fingerprint density at radius 3 is 2.74 bits per heavy atom. The monoisotopic (exact) mass is 260 g/mol. The fraction of sp³-hybridized carbons (Fsp3) is 0.143.